The Morgan fingerprint density at radius 1 is 1.08 bits per heavy atom. The van der Waals surface area contributed by atoms with Gasteiger partial charge in [-0.05, 0) is 37.3 Å². The van der Waals surface area contributed by atoms with E-state index in [0.717, 1.165) is 27.6 Å². The minimum absolute atomic E-state index is 0.260. The Balaban J connectivity index is 0.000000569. The van der Waals surface area contributed by atoms with Crippen molar-refractivity contribution < 1.29 is 4.39 Å². The summed E-state index contributed by atoms with van der Waals surface area (Å²) in [6.07, 6.45) is 4.95. The van der Waals surface area contributed by atoms with Gasteiger partial charge in [-0.15, -0.1) is 11.3 Å². The fourth-order valence-corrected chi connectivity index (χ4v) is 3.14. The molecule has 4 rings (SSSR count). The summed E-state index contributed by atoms with van der Waals surface area (Å²) in [5, 5.41) is 1.98. The number of hydrogen-bond donors (Lipinski definition) is 0. The number of hydrogen-bond acceptors (Lipinski definition) is 4. The smallest absolute Gasteiger partial charge is 0.194 e. The molecule has 6 heteroatoms. The van der Waals surface area contributed by atoms with E-state index in [4.69, 9.17) is 0 Å². The largest absolute Gasteiger partial charge is 0.288 e. The van der Waals surface area contributed by atoms with E-state index in [-0.39, 0.29) is 5.82 Å². The number of fused-ring (bicyclic) bond motifs is 1. The molecular formula is C19H19FN4S. The molecule has 25 heavy (non-hydrogen) atoms. The minimum Gasteiger partial charge on any atom is -0.288 e. The first-order valence-electron chi connectivity index (χ1n) is 8.15. The first-order valence-corrected chi connectivity index (χ1v) is 9.03. The van der Waals surface area contributed by atoms with E-state index < -0.39 is 0 Å². The van der Waals surface area contributed by atoms with Gasteiger partial charge in [0.05, 0.1) is 11.4 Å². The second-order valence-corrected chi connectivity index (χ2v) is 6.44. The maximum absolute atomic E-state index is 13.2. The van der Waals surface area contributed by atoms with Crippen LogP contribution in [0.2, 0.25) is 0 Å². The molecule has 0 aliphatic rings. The third-order valence-corrected chi connectivity index (χ3v) is 4.16. The van der Waals surface area contributed by atoms with Crippen molar-refractivity contribution >= 4 is 16.3 Å². The van der Waals surface area contributed by atoms with Crippen LogP contribution >= 0.6 is 11.3 Å². The minimum atomic E-state index is -0.260. The molecule has 0 unspecified atom stereocenters. The maximum Gasteiger partial charge on any atom is 0.194 e. The fourth-order valence-electron chi connectivity index (χ4n) is 2.43. The van der Waals surface area contributed by atoms with Crippen LogP contribution in [-0.2, 0) is 0 Å². The second kappa shape index (κ2) is 7.53. The van der Waals surface area contributed by atoms with Gasteiger partial charge in [-0.3, -0.25) is 4.40 Å². The maximum atomic E-state index is 13.2. The number of imidazole rings is 1. The third-order valence-electron chi connectivity index (χ3n) is 3.40. The highest BCUT2D eigenvalue weighted by Crippen LogP contribution is 2.33. The summed E-state index contributed by atoms with van der Waals surface area (Å²) >= 11 is 1.55. The Morgan fingerprint density at radius 3 is 2.48 bits per heavy atom. The van der Waals surface area contributed by atoms with Crippen molar-refractivity contribution in [2.24, 2.45) is 0 Å². The summed E-state index contributed by atoms with van der Waals surface area (Å²) in [5.41, 5.74) is 3.36. The Labute approximate surface area is 150 Å². The molecule has 0 saturated carbocycles. The highest BCUT2D eigenvalue weighted by Gasteiger charge is 2.17. The summed E-state index contributed by atoms with van der Waals surface area (Å²) in [7, 11) is 0. The predicted octanol–water partition coefficient (Wildman–Crippen LogP) is 5.38. The van der Waals surface area contributed by atoms with Crippen molar-refractivity contribution in [1.29, 1.82) is 0 Å². The zero-order valence-corrected chi connectivity index (χ0v) is 15.2. The van der Waals surface area contributed by atoms with Gasteiger partial charge in [-0.1, -0.05) is 20.3 Å². The normalized spacial score (nSPS) is 10.6. The van der Waals surface area contributed by atoms with Crippen molar-refractivity contribution in [3.8, 4) is 22.6 Å². The van der Waals surface area contributed by atoms with Gasteiger partial charge in [0, 0.05) is 23.3 Å². The van der Waals surface area contributed by atoms with Crippen LogP contribution in [0.1, 0.15) is 26.1 Å². The van der Waals surface area contributed by atoms with Crippen LogP contribution in [0.3, 0.4) is 0 Å². The second-order valence-electron chi connectivity index (χ2n) is 5.57. The fraction of sp³-hybridized carbons (Fsp3) is 0.211. The highest BCUT2D eigenvalue weighted by atomic mass is 32.1. The average molecular weight is 354 g/mol. The van der Waals surface area contributed by atoms with E-state index >= 15 is 0 Å². The van der Waals surface area contributed by atoms with Crippen LogP contribution in [0.5, 0.6) is 0 Å². The van der Waals surface area contributed by atoms with Crippen molar-refractivity contribution in [3.63, 3.8) is 0 Å². The van der Waals surface area contributed by atoms with E-state index in [1.807, 2.05) is 29.0 Å². The molecule has 4 aromatic rings. The molecule has 0 bridgehead atoms. The molecule has 0 radical (unpaired) electrons. The van der Waals surface area contributed by atoms with Gasteiger partial charge in [0.25, 0.3) is 0 Å². The number of halogens is 1. The van der Waals surface area contributed by atoms with E-state index in [1.54, 1.807) is 29.7 Å². The molecule has 0 aliphatic carbocycles. The molecule has 1 aromatic carbocycles. The highest BCUT2D eigenvalue weighted by molar-refractivity contribution is 7.15. The molecule has 3 heterocycles. The number of benzene rings is 1. The number of rotatable bonds is 2. The molecule has 0 saturated heterocycles. The van der Waals surface area contributed by atoms with E-state index in [1.165, 1.54) is 18.6 Å². The summed E-state index contributed by atoms with van der Waals surface area (Å²) in [6, 6.07) is 8.22. The van der Waals surface area contributed by atoms with Crippen LogP contribution in [0, 0.1) is 12.7 Å². The van der Waals surface area contributed by atoms with Gasteiger partial charge in [0.1, 0.15) is 17.3 Å². The Morgan fingerprint density at radius 2 is 1.80 bits per heavy atom. The van der Waals surface area contributed by atoms with Crippen LogP contribution in [0.4, 0.5) is 4.39 Å². The van der Waals surface area contributed by atoms with Crippen LogP contribution in [0.25, 0.3) is 27.6 Å². The van der Waals surface area contributed by atoms with Gasteiger partial charge in [-0.2, -0.15) is 0 Å². The Bertz CT molecular complexity index is 973. The summed E-state index contributed by atoms with van der Waals surface area (Å²) in [6.45, 7) is 6.10. The van der Waals surface area contributed by atoms with E-state index in [2.05, 4.69) is 28.8 Å². The van der Waals surface area contributed by atoms with Gasteiger partial charge in [0.2, 0.25) is 0 Å². The average Bonchev–Trinajstić information content (AvgIpc) is 3.17. The van der Waals surface area contributed by atoms with E-state index in [0.29, 0.717) is 5.82 Å². The molecule has 0 fully saturated rings. The zero-order valence-electron chi connectivity index (χ0n) is 14.4. The molecule has 128 valence electrons. The lowest BCUT2D eigenvalue weighted by molar-refractivity contribution is 0.628. The summed E-state index contributed by atoms with van der Waals surface area (Å²) in [4.78, 5) is 14.2. The van der Waals surface area contributed by atoms with Gasteiger partial charge in [-0.25, -0.2) is 19.3 Å². The van der Waals surface area contributed by atoms with Gasteiger partial charge >= 0.3 is 0 Å². The van der Waals surface area contributed by atoms with Crippen molar-refractivity contribution in [2.45, 2.75) is 27.2 Å². The molecular weight excluding hydrogens is 335 g/mol. The summed E-state index contributed by atoms with van der Waals surface area (Å²) in [5.74, 6) is 0.442. The molecule has 0 aliphatic heterocycles. The molecule has 0 atom stereocenters. The Hall–Kier alpha value is -2.60. The lowest BCUT2D eigenvalue weighted by Crippen LogP contribution is -1.94. The first-order chi connectivity index (χ1) is 12.1. The number of aryl methyl sites for hydroxylation is 1. The topological polar surface area (TPSA) is 43.1 Å². The van der Waals surface area contributed by atoms with Crippen LogP contribution in [0.15, 0.2) is 48.1 Å². The lowest BCUT2D eigenvalue weighted by atomic mass is 10.1. The third kappa shape index (κ3) is 3.58. The van der Waals surface area contributed by atoms with E-state index in [9.17, 15) is 4.39 Å². The standard InChI is InChI=1S/C16H11FN4S.C3H8/c1-10-18-7-6-13(19-10)15-14(11-2-4-12(17)5-3-11)20-16-21(15)8-9-22-16;1-3-2/h2-9H,1H3;3H2,1-2H3. The van der Waals surface area contributed by atoms with Crippen LogP contribution < -0.4 is 0 Å². The summed E-state index contributed by atoms with van der Waals surface area (Å²) < 4.78 is 15.2. The van der Waals surface area contributed by atoms with Gasteiger partial charge < -0.3 is 0 Å². The van der Waals surface area contributed by atoms with Crippen LogP contribution in [-0.4, -0.2) is 19.4 Å². The van der Waals surface area contributed by atoms with Gasteiger partial charge in [0.15, 0.2) is 4.96 Å². The SMILES string of the molecule is CCC.Cc1nccc(-c2c(-c3ccc(F)cc3)nc3sccn23)n1. The lowest BCUT2D eigenvalue weighted by Gasteiger charge is -2.04. The first kappa shape index (κ1) is 17.2. The Kier molecular flexibility index (Phi) is 5.19. The molecule has 0 N–H and O–H groups in total. The molecule has 0 spiro atoms. The van der Waals surface area contributed by atoms with Crippen molar-refractivity contribution in [3.05, 3.63) is 59.7 Å². The molecule has 4 nitrogen and oxygen atoms in total. The van der Waals surface area contributed by atoms with Crippen molar-refractivity contribution in [2.75, 3.05) is 0 Å². The monoisotopic (exact) mass is 354 g/mol. The molecule has 3 aromatic heterocycles. The molecule has 0 amide bonds. The van der Waals surface area contributed by atoms with Crippen molar-refractivity contribution in [1.82, 2.24) is 19.4 Å². The quantitative estimate of drug-likeness (QED) is 0.485. The number of nitrogens with zero attached hydrogens (tertiary/aromatic N) is 4. The number of aromatic nitrogens is 4. The number of thiazole rings is 1. The predicted molar refractivity (Wildman–Crippen MR) is 100 cm³/mol. The zero-order chi connectivity index (χ0) is 17.8.